The second-order valence-electron chi connectivity index (χ2n) is 6.04. The first-order chi connectivity index (χ1) is 8.20. The fourth-order valence-electron chi connectivity index (χ4n) is 1.33. The molecular formula is C15H22N2O. The molecule has 0 saturated heterocycles. The summed E-state index contributed by atoms with van der Waals surface area (Å²) in [6.45, 7) is 10.6. The van der Waals surface area contributed by atoms with Gasteiger partial charge in [-0.1, -0.05) is 39.8 Å². The van der Waals surface area contributed by atoms with Gasteiger partial charge in [0, 0.05) is 7.05 Å². The average Bonchev–Trinajstić information content (AvgIpc) is 2.24. The number of para-hydroxylation sites is 1. The summed E-state index contributed by atoms with van der Waals surface area (Å²) < 4.78 is 1.56. The second-order valence-corrected chi connectivity index (χ2v) is 6.04. The van der Waals surface area contributed by atoms with E-state index >= 15 is 0 Å². The number of hydrogen-bond acceptors (Lipinski definition) is 2. The first-order valence-electron chi connectivity index (χ1n) is 6.12. The summed E-state index contributed by atoms with van der Waals surface area (Å²) in [6, 6.07) is 7.38. The predicted octanol–water partition coefficient (Wildman–Crippen LogP) is 3.29. The SMILES string of the molecule is CC(C)(C)C.Cc1nc2ccccc2c(=O)n1C. The zero-order valence-corrected chi connectivity index (χ0v) is 12.1. The van der Waals surface area contributed by atoms with Crippen LogP contribution in [0.2, 0.25) is 0 Å². The van der Waals surface area contributed by atoms with Gasteiger partial charge in [0.1, 0.15) is 5.82 Å². The molecule has 0 amide bonds. The highest BCUT2D eigenvalue weighted by Gasteiger charge is 2.02. The number of nitrogens with zero attached hydrogens (tertiary/aromatic N) is 2. The quantitative estimate of drug-likeness (QED) is 0.715. The molecule has 0 aliphatic rings. The summed E-state index contributed by atoms with van der Waals surface area (Å²) in [5, 5.41) is 0.676. The summed E-state index contributed by atoms with van der Waals surface area (Å²) >= 11 is 0. The van der Waals surface area contributed by atoms with Gasteiger partial charge in [-0.25, -0.2) is 4.98 Å². The first kappa shape index (κ1) is 14.4. The molecule has 0 spiro atoms. The van der Waals surface area contributed by atoms with E-state index in [-0.39, 0.29) is 5.56 Å². The number of rotatable bonds is 0. The van der Waals surface area contributed by atoms with E-state index in [9.17, 15) is 4.79 Å². The smallest absolute Gasteiger partial charge is 0.261 e. The van der Waals surface area contributed by atoms with Gasteiger partial charge in [-0.15, -0.1) is 0 Å². The van der Waals surface area contributed by atoms with Gasteiger partial charge >= 0.3 is 0 Å². The van der Waals surface area contributed by atoms with Gasteiger partial charge in [-0.2, -0.15) is 0 Å². The maximum absolute atomic E-state index is 11.7. The van der Waals surface area contributed by atoms with Crippen molar-refractivity contribution in [1.29, 1.82) is 0 Å². The van der Waals surface area contributed by atoms with Crippen LogP contribution in [0.1, 0.15) is 33.5 Å². The van der Waals surface area contributed by atoms with Crippen LogP contribution >= 0.6 is 0 Å². The number of aryl methyl sites for hydroxylation is 1. The van der Waals surface area contributed by atoms with E-state index in [1.165, 1.54) is 0 Å². The van der Waals surface area contributed by atoms with Crippen molar-refractivity contribution in [2.24, 2.45) is 12.5 Å². The molecule has 0 N–H and O–H groups in total. The Hall–Kier alpha value is -1.64. The third-order valence-electron chi connectivity index (χ3n) is 2.21. The van der Waals surface area contributed by atoms with Crippen molar-refractivity contribution in [2.75, 3.05) is 0 Å². The van der Waals surface area contributed by atoms with Gasteiger partial charge in [0.2, 0.25) is 0 Å². The molecule has 3 nitrogen and oxygen atoms in total. The summed E-state index contributed by atoms with van der Waals surface area (Å²) in [5.74, 6) is 0.740. The van der Waals surface area contributed by atoms with Crippen LogP contribution < -0.4 is 5.56 Å². The minimum Gasteiger partial charge on any atom is -0.299 e. The van der Waals surface area contributed by atoms with Crippen LogP contribution in [0.3, 0.4) is 0 Å². The monoisotopic (exact) mass is 246 g/mol. The van der Waals surface area contributed by atoms with Gasteiger partial charge in [0.15, 0.2) is 0 Å². The Morgan fingerprint density at radius 3 is 2.17 bits per heavy atom. The van der Waals surface area contributed by atoms with E-state index in [1.807, 2.05) is 25.1 Å². The van der Waals surface area contributed by atoms with E-state index in [2.05, 4.69) is 32.7 Å². The van der Waals surface area contributed by atoms with Crippen molar-refractivity contribution in [3.63, 3.8) is 0 Å². The molecule has 0 bridgehead atoms. The van der Waals surface area contributed by atoms with Crippen LogP contribution in [0.5, 0.6) is 0 Å². The van der Waals surface area contributed by atoms with Gasteiger partial charge in [-0.3, -0.25) is 9.36 Å². The van der Waals surface area contributed by atoms with E-state index in [1.54, 1.807) is 17.7 Å². The Labute approximate surface area is 108 Å². The molecule has 98 valence electrons. The summed E-state index contributed by atoms with van der Waals surface area (Å²) in [5.41, 5.74) is 1.28. The topological polar surface area (TPSA) is 34.9 Å². The van der Waals surface area contributed by atoms with Gasteiger partial charge in [0.05, 0.1) is 10.9 Å². The molecule has 0 atom stereocenters. The Bertz CT molecular complexity index is 585. The number of hydrogen-bond donors (Lipinski definition) is 0. The van der Waals surface area contributed by atoms with E-state index in [0.29, 0.717) is 10.8 Å². The third kappa shape index (κ3) is 3.99. The van der Waals surface area contributed by atoms with Crippen molar-refractivity contribution in [1.82, 2.24) is 9.55 Å². The lowest BCUT2D eigenvalue weighted by atomic mass is 10.0. The lowest BCUT2D eigenvalue weighted by molar-refractivity contribution is 0.469. The normalized spacial score (nSPS) is 11.0. The first-order valence-corrected chi connectivity index (χ1v) is 6.12. The second kappa shape index (κ2) is 5.34. The largest absolute Gasteiger partial charge is 0.299 e. The third-order valence-corrected chi connectivity index (χ3v) is 2.21. The van der Waals surface area contributed by atoms with Crippen LogP contribution in [0.25, 0.3) is 10.9 Å². The van der Waals surface area contributed by atoms with E-state index < -0.39 is 0 Å². The highest BCUT2D eigenvalue weighted by atomic mass is 16.1. The molecule has 0 unspecified atom stereocenters. The zero-order chi connectivity index (χ0) is 13.9. The van der Waals surface area contributed by atoms with Gasteiger partial charge < -0.3 is 0 Å². The zero-order valence-electron chi connectivity index (χ0n) is 12.1. The van der Waals surface area contributed by atoms with E-state index in [4.69, 9.17) is 0 Å². The Morgan fingerprint density at radius 2 is 1.61 bits per heavy atom. The molecular weight excluding hydrogens is 224 g/mol. The van der Waals surface area contributed by atoms with Crippen molar-refractivity contribution < 1.29 is 0 Å². The summed E-state index contributed by atoms with van der Waals surface area (Å²) in [7, 11) is 1.73. The van der Waals surface area contributed by atoms with Crippen molar-refractivity contribution >= 4 is 10.9 Å². The summed E-state index contributed by atoms with van der Waals surface area (Å²) in [6.07, 6.45) is 0. The van der Waals surface area contributed by atoms with Gasteiger partial charge in [0.25, 0.3) is 5.56 Å². The molecule has 2 aromatic rings. The van der Waals surface area contributed by atoms with Crippen LogP contribution in [0.4, 0.5) is 0 Å². The number of aromatic nitrogens is 2. The molecule has 1 heterocycles. The molecule has 1 aromatic carbocycles. The van der Waals surface area contributed by atoms with Crippen molar-refractivity contribution in [3.05, 3.63) is 40.4 Å². The molecule has 1 aromatic heterocycles. The fraction of sp³-hybridized carbons (Fsp3) is 0.467. The van der Waals surface area contributed by atoms with Gasteiger partial charge in [-0.05, 0) is 24.5 Å². The Morgan fingerprint density at radius 1 is 1.11 bits per heavy atom. The average molecular weight is 246 g/mol. The Balaban J connectivity index is 0.000000280. The maximum atomic E-state index is 11.7. The predicted molar refractivity (Wildman–Crippen MR) is 76.9 cm³/mol. The van der Waals surface area contributed by atoms with Crippen LogP contribution in [-0.2, 0) is 7.05 Å². The lowest BCUT2D eigenvalue weighted by Crippen LogP contribution is -2.20. The molecule has 3 heteroatoms. The molecule has 0 saturated carbocycles. The standard InChI is InChI=1S/C10H10N2O.C5H12/c1-7-11-9-6-4-3-5-8(9)10(13)12(7)2;1-5(2,3)4/h3-6H,1-2H3;1-4H3. The molecule has 0 aliphatic carbocycles. The minimum absolute atomic E-state index is 0.0168. The van der Waals surface area contributed by atoms with Crippen LogP contribution in [0.15, 0.2) is 29.1 Å². The number of benzene rings is 1. The highest BCUT2D eigenvalue weighted by molar-refractivity contribution is 5.77. The number of fused-ring (bicyclic) bond motifs is 1. The molecule has 0 radical (unpaired) electrons. The molecule has 18 heavy (non-hydrogen) atoms. The van der Waals surface area contributed by atoms with Crippen LogP contribution in [-0.4, -0.2) is 9.55 Å². The molecule has 2 rings (SSSR count). The Kier molecular flexibility index (Phi) is 4.28. The van der Waals surface area contributed by atoms with Crippen molar-refractivity contribution in [2.45, 2.75) is 34.6 Å². The molecule has 0 fully saturated rings. The summed E-state index contributed by atoms with van der Waals surface area (Å²) in [4.78, 5) is 16.0. The van der Waals surface area contributed by atoms with Crippen LogP contribution in [0, 0.1) is 12.3 Å². The fourth-order valence-corrected chi connectivity index (χ4v) is 1.33. The van der Waals surface area contributed by atoms with Crippen molar-refractivity contribution in [3.8, 4) is 0 Å². The lowest BCUT2D eigenvalue weighted by Gasteiger charge is -2.05. The molecule has 0 aliphatic heterocycles. The maximum Gasteiger partial charge on any atom is 0.261 e. The van der Waals surface area contributed by atoms with E-state index in [0.717, 1.165) is 11.3 Å². The highest BCUT2D eigenvalue weighted by Crippen LogP contribution is 2.08. The minimum atomic E-state index is 0.0168.